The standard InChI is InChI=1S/C19H21NO3S2/c1-2-15-10-11-19(24-15)25(22,23)20-13-12-18(21)17-9-5-7-14-6-3-4-8-16(14)17/h3-11,18,20-21H,2,12-13H2,1H3/t18-/m1/s1. The fraction of sp³-hybridized carbons (Fsp3) is 0.263. The van der Waals surface area contributed by atoms with E-state index in [-0.39, 0.29) is 6.54 Å². The molecule has 0 fully saturated rings. The number of thiophene rings is 1. The molecule has 0 aliphatic rings. The first-order chi connectivity index (χ1) is 12.0. The molecule has 0 amide bonds. The minimum Gasteiger partial charge on any atom is -0.388 e. The second kappa shape index (κ2) is 7.66. The van der Waals surface area contributed by atoms with E-state index in [1.165, 1.54) is 11.3 Å². The van der Waals surface area contributed by atoms with Crippen molar-refractivity contribution in [2.45, 2.75) is 30.1 Å². The van der Waals surface area contributed by atoms with Crippen LogP contribution in [0.2, 0.25) is 0 Å². The summed E-state index contributed by atoms with van der Waals surface area (Å²) < 4.78 is 27.5. The van der Waals surface area contributed by atoms with Crippen LogP contribution in [0.1, 0.15) is 29.9 Å². The molecule has 0 saturated carbocycles. The van der Waals surface area contributed by atoms with E-state index in [2.05, 4.69) is 4.72 Å². The van der Waals surface area contributed by atoms with Crippen molar-refractivity contribution in [1.82, 2.24) is 4.72 Å². The van der Waals surface area contributed by atoms with Gasteiger partial charge in [0.2, 0.25) is 10.0 Å². The van der Waals surface area contributed by atoms with Crippen LogP contribution >= 0.6 is 11.3 Å². The predicted octanol–water partition coefficient (Wildman–Crippen LogP) is 3.87. The number of hydrogen-bond acceptors (Lipinski definition) is 4. The third-order valence-corrected chi connectivity index (χ3v) is 7.32. The molecule has 25 heavy (non-hydrogen) atoms. The van der Waals surface area contributed by atoms with Crippen LogP contribution in [0.4, 0.5) is 0 Å². The third-order valence-electron chi connectivity index (χ3n) is 4.14. The Labute approximate surface area is 152 Å². The first-order valence-electron chi connectivity index (χ1n) is 8.25. The van der Waals surface area contributed by atoms with Crippen molar-refractivity contribution >= 4 is 32.1 Å². The zero-order valence-electron chi connectivity index (χ0n) is 14.0. The SMILES string of the molecule is CCc1ccc(S(=O)(=O)NCC[C@@H](O)c2cccc3ccccc23)s1. The summed E-state index contributed by atoms with van der Waals surface area (Å²) in [6, 6.07) is 17.1. The minimum atomic E-state index is -3.51. The van der Waals surface area contributed by atoms with Gasteiger partial charge in [-0.2, -0.15) is 0 Å². The van der Waals surface area contributed by atoms with E-state index in [1.54, 1.807) is 6.07 Å². The largest absolute Gasteiger partial charge is 0.388 e. The molecule has 1 atom stereocenters. The topological polar surface area (TPSA) is 66.4 Å². The summed E-state index contributed by atoms with van der Waals surface area (Å²) in [6.07, 6.45) is 0.419. The van der Waals surface area contributed by atoms with E-state index in [1.807, 2.05) is 55.5 Å². The Morgan fingerprint density at radius 3 is 2.60 bits per heavy atom. The first-order valence-corrected chi connectivity index (χ1v) is 10.6. The van der Waals surface area contributed by atoms with Crippen molar-refractivity contribution in [3.8, 4) is 0 Å². The lowest BCUT2D eigenvalue weighted by molar-refractivity contribution is 0.170. The second-order valence-electron chi connectivity index (χ2n) is 5.84. The summed E-state index contributed by atoms with van der Waals surface area (Å²) in [5.74, 6) is 0. The average molecular weight is 376 g/mol. The molecule has 2 aromatic carbocycles. The summed E-state index contributed by atoms with van der Waals surface area (Å²) in [4.78, 5) is 1.04. The van der Waals surface area contributed by atoms with Gasteiger partial charge in [-0.05, 0) is 41.3 Å². The summed E-state index contributed by atoms with van der Waals surface area (Å²) in [6.45, 7) is 2.18. The highest BCUT2D eigenvalue weighted by Gasteiger charge is 2.17. The molecule has 0 aliphatic carbocycles. The van der Waals surface area contributed by atoms with E-state index >= 15 is 0 Å². The Balaban J connectivity index is 1.67. The molecule has 132 valence electrons. The van der Waals surface area contributed by atoms with Crippen molar-refractivity contribution in [2.75, 3.05) is 6.54 Å². The van der Waals surface area contributed by atoms with Gasteiger partial charge in [-0.15, -0.1) is 11.3 Å². The van der Waals surface area contributed by atoms with Gasteiger partial charge in [0, 0.05) is 11.4 Å². The van der Waals surface area contributed by atoms with Gasteiger partial charge in [0.1, 0.15) is 4.21 Å². The number of fused-ring (bicyclic) bond motifs is 1. The Bertz CT molecular complexity index is 958. The molecule has 0 radical (unpaired) electrons. The highest BCUT2D eigenvalue weighted by molar-refractivity contribution is 7.91. The van der Waals surface area contributed by atoms with Crippen LogP contribution in [0, 0.1) is 0 Å². The fourth-order valence-corrected chi connectivity index (χ4v) is 5.18. The summed E-state index contributed by atoms with van der Waals surface area (Å²) in [5, 5.41) is 12.5. The molecule has 4 nitrogen and oxygen atoms in total. The first kappa shape index (κ1) is 18.1. The van der Waals surface area contributed by atoms with E-state index in [9.17, 15) is 13.5 Å². The minimum absolute atomic E-state index is 0.187. The molecule has 2 N–H and O–H groups in total. The molecule has 0 bridgehead atoms. The maximum Gasteiger partial charge on any atom is 0.250 e. The Hall–Kier alpha value is -1.73. The lowest BCUT2D eigenvalue weighted by Gasteiger charge is -2.14. The number of benzene rings is 2. The van der Waals surface area contributed by atoms with Gasteiger partial charge in [-0.3, -0.25) is 0 Å². The molecule has 3 aromatic rings. The van der Waals surface area contributed by atoms with Crippen LogP contribution < -0.4 is 4.72 Å². The molecule has 0 spiro atoms. The van der Waals surface area contributed by atoms with Crippen LogP contribution in [0.25, 0.3) is 10.8 Å². The lowest BCUT2D eigenvalue weighted by Crippen LogP contribution is -2.25. The monoisotopic (exact) mass is 375 g/mol. The third kappa shape index (κ3) is 4.10. The Morgan fingerprint density at radius 2 is 1.84 bits per heavy atom. The molecule has 0 saturated heterocycles. The van der Waals surface area contributed by atoms with Gasteiger partial charge in [0.25, 0.3) is 0 Å². The summed E-state index contributed by atoms with van der Waals surface area (Å²) in [5.41, 5.74) is 0.821. The van der Waals surface area contributed by atoms with Crippen LogP contribution in [0.3, 0.4) is 0 Å². The number of aliphatic hydroxyl groups excluding tert-OH is 1. The number of hydrogen-bond donors (Lipinski definition) is 2. The molecular formula is C19H21NO3S2. The van der Waals surface area contributed by atoms with Crippen molar-refractivity contribution in [2.24, 2.45) is 0 Å². The molecular weight excluding hydrogens is 354 g/mol. The second-order valence-corrected chi connectivity index (χ2v) is 9.01. The van der Waals surface area contributed by atoms with E-state index in [0.717, 1.165) is 27.6 Å². The number of aliphatic hydroxyl groups is 1. The van der Waals surface area contributed by atoms with E-state index < -0.39 is 16.1 Å². The van der Waals surface area contributed by atoms with Crippen LogP contribution in [-0.2, 0) is 16.4 Å². The predicted molar refractivity (Wildman–Crippen MR) is 102 cm³/mol. The number of sulfonamides is 1. The van der Waals surface area contributed by atoms with E-state index in [0.29, 0.717) is 10.6 Å². The number of rotatable bonds is 7. The van der Waals surface area contributed by atoms with Gasteiger partial charge in [-0.1, -0.05) is 49.4 Å². The van der Waals surface area contributed by atoms with Gasteiger partial charge >= 0.3 is 0 Å². The maximum atomic E-state index is 12.3. The highest BCUT2D eigenvalue weighted by Crippen LogP contribution is 2.26. The quantitative estimate of drug-likeness (QED) is 0.659. The molecule has 1 heterocycles. The Kier molecular flexibility index (Phi) is 5.54. The molecule has 1 aromatic heterocycles. The van der Waals surface area contributed by atoms with Crippen molar-refractivity contribution < 1.29 is 13.5 Å². The molecule has 0 aliphatic heterocycles. The molecule has 6 heteroatoms. The normalized spacial score (nSPS) is 13.2. The van der Waals surface area contributed by atoms with Gasteiger partial charge in [0.15, 0.2) is 0 Å². The van der Waals surface area contributed by atoms with Gasteiger partial charge in [-0.25, -0.2) is 13.1 Å². The zero-order chi connectivity index (χ0) is 17.9. The average Bonchev–Trinajstić information content (AvgIpc) is 3.11. The van der Waals surface area contributed by atoms with Crippen molar-refractivity contribution in [1.29, 1.82) is 0 Å². The summed E-state index contributed by atoms with van der Waals surface area (Å²) in [7, 11) is -3.51. The number of nitrogens with one attached hydrogen (secondary N) is 1. The van der Waals surface area contributed by atoms with Crippen molar-refractivity contribution in [3.63, 3.8) is 0 Å². The maximum absolute atomic E-state index is 12.3. The molecule has 3 rings (SSSR count). The van der Waals surface area contributed by atoms with E-state index in [4.69, 9.17) is 0 Å². The zero-order valence-corrected chi connectivity index (χ0v) is 15.6. The van der Waals surface area contributed by atoms with Crippen LogP contribution in [0.15, 0.2) is 58.8 Å². The molecule has 0 unspecified atom stereocenters. The summed E-state index contributed by atoms with van der Waals surface area (Å²) >= 11 is 1.28. The Morgan fingerprint density at radius 1 is 1.08 bits per heavy atom. The highest BCUT2D eigenvalue weighted by atomic mass is 32.2. The lowest BCUT2D eigenvalue weighted by atomic mass is 9.99. The number of aryl methyl sites for hydroxylation is 1. The van der Waals surface area contributed by atoms with Crippen molar-refractivity contribution in [3.05, 3.63) is 65.0 Å². The smallest absolute Gasteiger partial charge is 0.250 e. The fourth-order valence-electron chi connectivity index (χ4n) is 2.79. The van der Waals surface area contributed by atoms with Crippen LogP contribution in [0.5, 0.6) is 0 Å². The van der Waals surface area contributed by atoms with Gasteiger partial charge < -0.3 is 5.11 Å². The van der Waals surface area contributed by atoms with Gasteiger partial charge in [0.05, 0.1) is 6.10 Å². The van der Waals surface area contributed by atoms with Crippen LogP contribution in [-0.4, -0.2) is 20.1 Å².